The van der Waals surface area contributed by atoms with E-state index in [9.17, 15) is 0 Å². The molecular formula is C62H38N4. The monoisotopic (exact) mass is 838 g/mol. The topological polar surface area (TPSA) is 51.6 Å². The fourth-order valence-corrected chi connectivity index (χ4v) is 10.0. The normalized spacial score (nSPS) is 11.6. The Balaban J connectivity index is 1.02. The van der Waals surface area contributed by atoms with Gasteiger partial charge in [-0.1, -0.05) is 218 Å². The third-order valence-electron chi connectivity index (χ3n) is 13.1. The summed E-state index contributed by atoms with van der Waals surface area (Å²) in [6, 6.07) is 81.6. The first-order chi connectivity index (χ1) is 32.7. The molecule has 0 N–H and O–H groups in total. The first-order valence-electron chi connectivity index (χ1n) is 22.4. The standard InChI is InChI=1S/C62H38N4/c1-3-17-39(18-4-1)47-29-15-31-53-57(47)54-32-16-30-48(59(54)63-58(53)41-19-5-2-6-20-41)40-33-35-42(36-34-40)60-64-61(55-37-43-21-7-9-23-45(43)49-25-11-13-27-51(49)55)66-62(65-60)56-38-44-22-8-10-24-46(44)50-26-12-14-28-52(50)56/h1-38H. The van der Waals surface area contributed by atoms with Crippen molar-refractivity contribution >= 4 is 64.8 Å². The van der Waals surface area contributed by atoms with E-state index in [1.807, 2.05) is 0 Å². The summed E-state index contributed by atoms with van der Waals surface area (Å²) in [4.78, 5) is 21.6. The van der Waals surface area contributed by atoms with Crippen LogP contribution in [-0.2, 0) is 0 Å². The Morgan fingerprint density at radius 1 is 0.227 bits per heavy atom. The minimum atomic E-state index is 0.608. The van der Waals surface area contributed by atoms with E-state index in [1.165, 1.54) is 27.3 Å². The summed E-state index contributed by atoms with van der Waals surface area (Å²) in [5, 5.41) is 12.6. The van der Waals surface area contributed by atoms with Crippen LogP contribution in [0.2, 0.25) is 0 Å². The van der Waals surface area contributed by atoms with Gasteiger partial charge in [0.1, 0.15) is 0 Å². The highest BCUT2D eigenvalue weighted by molar-refractivity contribution is 6.20. The van der Waals surface area contributed by atoms with Gasteiger partial charge in [0.25, 0.3) is 0 Å². The van der Waals surface area contributed by atoms with Gasteiger partial charge in [-0.3, -0.25) is 0 Å². The summed E-state index contributed by atoms with van der Waals surface area (Å²) in [7, 11) is 0. The molecule has 0 spiro atoms. The number of benzene rings is 11. The van der Waals surface area contributed by atoms with Crippen LogP contribution >= 0.6 is 0 Å². The van der Waals surface area contributed by atoms with Gasteiger partial charge in [-0.25, -0.2) is 19.9 Å². The van der Waals surface area contributed by atoms with Crippen LogP contribution < -0.4 is 0 Å². The van der Waals surface area contributed by atoms with Gasteiger partial charge in [0.05, 0.1) is 11.2 Å². The van der Waals surface area contributed by atoms with E-state index >= 15 is 0 Å². The van der Waals surface area contributed by atoms with Crippen LogP contribution in [0.15, 0.2) is 231 Å². The van der Waals surface area contributed by atoms with Crippen molar-refractivity contribution < 1.29 is 0 Å². The SMILES string of the molecule is c1ccc(-c2nc3c(-c4ccc(-c5nc(-c6cc7ccccc7c7ccccc67)nc(-c6cc7ccccc7c7ccccc67)n5)cc4)cccc3c3c(-c4ccccc4)cccc23)cc1. The summed E-state index contributed by atoms with van der Waals surface area (Å²) in [6.45, 7) is 0. The molecule has 0 bridgehead atoms. The van der Waals surface area contributed by atoms with Crippen LogP contribution in [0.5, 0.6) is 0 Å². The second kappa shape index (κ2) is 15.4. The molecule has 66 heavy (non-hydrogen) atoms. The first-order valence-corrected chi connectivity index (χ1v) is 22.4. The number of fused-ring (bicyclic) bond motifs is 9. The highest BCUT2D eigenvalue weighted by Crippen LogP contribution is 2.42. The van der Waals surface area contributed by atoms with E-state index in [4.69, 9.17) is 19.9 Å². The molecule has 0 fully saturated rings. The Morgan fingerprint density at radius 3 is 1.24 bits per heavy atom. The van der Waals surface area contributed by atoms with E-state index in [2.05, 4.69) is 231 Å². The molecule has 0 radical (unpaired) electrons. The van der Waals surface area contributed by atoms with Gasteiger partial charge < -0.3 is 0 Å². The van der Waals surface area contributed by atoms with Crippen LogP contribution in [0.4, 0.5) is 0 Å². The lowest BCUT2D eigenvalue weighted by atomic mass is 9.91. The summed E-state index contributed by atoms with van der Waals surface area (Å²) in [6.07, 6.45) is 0. The van der Waals surface area contributed by atoms with Crippen molar-refractivity contribution in [3.63, 3.8) is 0 Å². The van der Waals surface area contributed by atoms with E-state index < -0.39 is 0 Å². The molecule has 2 aromatic heterocycles. The fraction of sp³-hybridized carbons (Fsp3) is 0. The Morgan fingerprint density at radius 2 is 0.652 bits per heavy atom. The van der Waals surface area contributed by atoms with Crippen molar-refractivity contribution in [1.82, 2.24) is 19.9 Å². The van der Waals surface area contributed by atoms with Crippen molar-refractivity contribution in [2.24, 2.45) is 0 Å². The average Bonchev–Trinajstić information content (AvgIpc) is 3.40. The van der Waals surface area contributed by atoms with Crippen molar-refractivity contribution in [1.29, 1.82) is 0 Å². The Hall–Kier alpha value is -8.86. The number of hydrogen-bond donors (Lipinski definition) is 0. The molecule has 4 nitrogen and oxygen atoms in total. The number of rotatable bonds is 6. The van der Waals surface area contributed by atoms with E-state index in [0.717, 1.165) is 87.7 Å². The molecule has 0 saturated heterocycles. The summed E-state index contributed by atoms with van der Waals surface area (Å²) in [5.41, 5.74) is 10.3. The Bertz CT molecular complexity index is 3890. The van der Waals surface area contributed by atoms with E-state index in [-0.39, 0.29) is 0 Å². The van der Waals surface area contributed by atoms with Gasteiger partial charge in [-0.15, -0.1) is 0 Å². The van der Waals surface area contributed by atoms with Gasteiger partial charge in [0.2, 0.25) is 0 Å². The third kappa shape index (κ3) is 6.22. The zero-order valence-electron chi connectivity index (χ0n) is 35.7. The highest BCUT2D eigenvalue weighted by Gasteiger charge is 2.20. The van der Waals surface area contributed by atoms with Gasteiger partial charge in [-0.2, -0.15) is 0 Å². The lowest BCUT2D eigenvalue weighted by Gasteiger charge is -2.16. The molecule has 0 aliphatic carbocycles. The molecular weight excluding hydrogens is 801 g/mol. The van der Waals surface area contributed by atoms with Crippen molar-refractivity contribution in [2.45, 2.75) is 0 Å². The van der Waals surface area contributed by atoms with Crippen LogP contribution in [0.1, 0.15) is 0 Å². The molecule has 306 valence electrons. The molecule has 0 aliphatic rings. The zero-order chi connectivity index (χ0) is 43.6. The van der Waals surface area contributed by atoms with Crippen molar-refractivity contribution in [3.05, 3.63) is 231 Å². The molecule has 11 aromatic carbocycles. The quantitative estimate of drug-likeness (QED) is 0.157. The molecule has 13 aromatic rings. The van der Waals surface area contributed by atoms with Crippen molar-refractivity contribution in [3.8, 4) is 67.7 Å². The number of hydrogen-bond acceptors (Lipinski definition) is 4. The summed E-state index contributed by atoms with van der Waals surface area (Å²) >= 11 is 0. The minimum absolute atomic E-state index is 0.608. The average molecular weight is 839 g/mol. The number of nitrogens with zero attached hydrogens (tertiary/aromatic N) is 4. The van der Waals surface area contributed by atoms with Crippen LogP contribution in [0.25, 0.3) is 132 Å². The molecule has 0 atom stereocenters. The van der Waals surface area contributed by atoms with E-state index in [1.54, 1.807) is 0 Å². The van der Waals surface area contributed by atoms with Crippen LogP contribution in [-0.4, -0.2) is 19.9 Å². The predicted octanol–water partition coefficient (Wildman–Crippen LogP) is 16.2. The maximum atomic E-state index is 5.52. The van der Waals surface area contributed by atoms with Crippen molar-refractivity contribution in [2.75, 3.05) is 0 Å². The van der Waals surface area contributed by atoms with Crippen LogP contribution in [0.3, 0.4) is 0 Å². The summed E-state index contributed by atoms with van der Waals surface area (Å²) in [5.74, 6) is 1.87. The number of pyridine rings is 1. The fourth-order valence-electron chi connectivity index (χ4n) is 10.0. The maximum absolute atomic E-state index is 5.52. The van der Waals surface area contributed by atoms with Crippen LogP contribution in [0, 0.1) is 0 Å². The lowest BCUT2D eigenvalue weighted by Crippen LogP contribution is -2.01. The first kappa shape index (κ1) is 37.7. The summed E-state index contributed by atoms with van der Waals surface area (Å²) < 4.78 is 0. The molecule has 0 amide bonds. The predicted molar refractivity (Wildman–Crippen MR) is 275 cm³/mol. The minimum Gasteiger partial charge on any atom is -0.246 e. The molecule has 2 heterocycles. The Kier molecular flexibility index (Phi) is 8.81. The second-order valence-electron chi connectivity index (χ2n) is 16.9. The molecule has 0 unspecified atom stereocenters. The number of aromatic nitrogens is 4. The largest absolute Gasteiger partial charge is 0.246 e. The zero-order valence-corrected chi connectivity index (χ0v) is 35.7. The molecule has 13 rings (SSSR count). The molecule has 4 heteroatoms. The molecule has 0 saturated carbocycles. The Labute approximate surface area is 381 Å². The van der Waals surface area contributed by atoms with Gasteiger partial charge in [0.15, 0.2) is 17.5 Å². The lowest BCUT2D eigenvalue weighted by molar-refractivity contribution is 1.08. The highest BCUT2D eigenvalue weighted by atomic mass is 15.0. The smallest absolute Gasteiger partial charge is 0.164 e. The third-order valence-corrected chi connectivity index (χ3v) is 13.1. The second-order valence-corrected chi connectivity index (χ2v) is 16.9. The van der Waals surface area contributed by atoms with Gasteiger partial charge >= 0.3 is 0 Å². The number of para-hydroxylation sites is 1. The van der Waals surface area contributed by atoms with E-state index in [0.29, 0.717) is 17.5 Å². The molecule has 0 aliphatic heterocycles. The van der Waals surface area contributed by atoms with Gasteiger partial charge in [0, 0.05) is 44.0 Å². The van der Waals surface area contributed by atoms with Gasteiger partial charge in [-0.05, 0) is 71.9 Å². The maximum Gasteiger partial charge on any atom is 0.164 e.